The number of aryl methyl sites for hydroxylation is 2. The average molecular weight is 391 g/mol. The Bertz CT molecular complexity index is 1190. The molecule has 1 amide bonds. The Morgan fingerprint density at radius 3 is 2.86 bits per heavy atom. The second-order valence-corrected chi connectivity index (χ2v) is 7.06. The molecule has 2 heterocycles. The maximum Gasteiger partial charge on any atom is 0.257 e. The first-order valence-electron chi connectivity index (χ1n) is 9.54. The summed E-state index contributed by atoms with van der Waals surface area (Å²) in [7, 11) is 0. The summed E-state index contributed by atoms with van der Waals surface area (Å²) in [6.07, 6.45) is 2.31. The smallest absolute Gasteiger partial charge is 0.257 e. The average Bonchev–Trinajstić information content (AvgIpc) is 3.07. The van der Waals surface area contributed by atoms with E-state index in [4.69, 9.17) is 4.74 Å². The number of hydrogen-bond acceptors (Lipinski definition) is 3. The molecule has 5 nitrogen and oxygen atoms in total. The molecule has 148 valence electrons. The predicted molar refractivity (Wildman–Crippen MR) is 112 cm³/mol. The van der Waals surface area contributed by atoms with Crippen LogP contribution < -0.4 is 10.1 Å². The number of hydrogen-bond donors (Lipinski definition) is 2. The molecule has 29 heavy (non-hydrogen) atoms. The lowest BCUT2D eigenvalue weighted by molar-refractivity contribution is -0.123. The van der Waals surface area contributed by atoms with Gasteiger partial charge in [-0.05, 0) is 49.6 Å². The van der Waals surface area contributed by atoms with Crippen LogP contribution >= 0.6 is 0 Å². The van der Waals surface area contributed by atoms with Crippen LogP contribution in [0.2, 0.25) is 0 Å². The highest BCUT2D eigenvalue weighted by molar-refractivity contribution is 5.88. The van der Waals surface area contributed by atoms with Gasteiger partial charge in [0.2, 0.25) is 0 Å². The van der Waals surface area contributed by atoms with Gasteiger partial charge in [-0.25, -0.2) is 4.39 Å². The highest BCUT2D eigenvalue weighted by Gasteiger charge is 2.14. The molecule has 4 aromatic rings. The number of nitrogens with zero attached hydrogens (tertiary/aromatic N) is 1. The minimum Gasteiger partial charge on any atom is -0.481 e. The third-order valence-corrected chi connectivity index (χ3v) is 5.08. The standard InChI is InChI=1S/C23H22FN3O2/c1-14-8-9-18(24)23-21(14)17(15(2)27-23)10-12-25-20(28)13-29-19-7-3-5-16-6-4-11-26-22(16)19/h3-9,11,27H,10,12-13H2,1-2H3,(H,25,28). The van der Waals surface area contributed by atoms with Crippen molar-refractivity contribution in [3.63, 3.8) is 0 Å². The molecule has 0 aliphatic heterocycles. The Morgan fingerprint density at radius 2 is 2.00 bits per heavy atom. The molecule has 2 aromatic heterocycles. The first kappa shape index (κ1) is 18.9. The van der Waals surface area contributed by atoms with Gasteiger partial charge in [-0.3, -0.25) is 9.78 Å². The lowest BCUT2D eigenvalue weighted by Gasteiger charge is -2.10. The molecular weight excluding hydrogens is 369 g/mol. The van der Waals surface area contributed by atoms with Gasteiger partial charge in [0.1, 0.15) is 17.1 Å². The number of aromatic amines is 1. The zero-order chi connectivity index (χ0) is 20.4. The molecule has 0 spiro atoms. The van der Waals surface area contributed by atoms with Crippen LogP contribution in [0.4, 0.5) is 4.39 Å². The van der Waals surface area contributed by atoms with E-state index in [2.05, 4.69) is 15.3 Å². The van der Waals surface area contributed by atoms with E-state index in [1.165, 1.54) is 6.07 Å². The van der Waals surface area contributed by atoms with Gasteiger partial charge >= 0.3 is 0 Å². The van der Waals surface area contributed by atoms with E-state index in [1.807, 2.05) is 38.1 Å². The van der Waals surface area contributed by atoms with Gasteiger partial charge in [0.15, 0.2) is 6.61 Å². The fourth-order valence-corrected chi connectivity index (χ4v) is 3.67. The summed E-state index contributed by atoms with van der Waals surface area (Å²) in [6.45, 7) is 4.24. The number of aromatic nitrogens is 2. The highest BCUT2D eigenvalue weighted by Crippen LogP contribution is 2.28. The number of carbonyl (C=O) groups excluding carboxylic acids is 1. The maximum atomic E-state index is 14.1. The first-order chi connectivity index (χ1) is 14.0. The molecule has 2 N–H and O–H groups in total. The monoisotopic (exact) mass is 391 g/mol. The molecule has 0 unspecified atom stereocenters. The summed E-state index contributed by atoms with van der Waals surface area (Å²) in [5.74, 6) is 0.108. The van der Waals surface area contributed by atoms with Crippen molar-refractivity contribution in [1.82, 2.24) is 15.3 Å². The van der Waals surface area contributed by atoms with E-state index >= 15 is 0 Å². The molecule has 2 aromatic carbocycles. The molecule has 0 saturated heterocycles. The van der Waals surface area contributed by atoms with Gasteiger partial charge in [-0.15, -0.1) is 0 Å². The van der Waals surface area contributed by atoms with Crippen molar-refractivity contribution in [3.05, 3.63) is 71.3 Å². The molecule has 4 rings (SSSR count). The molecule has 0 saturated carbocycles. The van der Waals surface area contributed by atoms with Crippen molar-refractivity contribution in [2.45, 2.75) is 20.3 Å². The number of H-pyrrole nitrogens is 1. The van der Waals surface area contributed by atoms with Crippen molar-refractivity contribution in [3.8, 4) is 5.75 Å². The zero-order valence-corrected chi connectivity index (χ0v) is 16.4. The number of nitrogens with one attached hydrogen (secondary N) is 2. The number of pyridine rings is 1. The van der Waals surface area contributed by atoms with Crippen LogP contribution in [0.3, 0.4) is 0 Å². The molecule has 0 aliphatic carbocycles. The van der Waals surface area contributed by atoms with Gasteiger partial charge in [0, 0.05) is 29.2 Å². The van der Waals surface area contributed by atoms with Crippen LogP contribution in [0.5, 0.6) is 5.75 Å². The number of ether oxygens (including phenoxy) is 1. The molecule has 6 heteroatoms. The number of para-hydroxylation sites is 1. The van der Waals surface area contributed by atoms with Crippen LogP contribution in [0.25, 0.3) is 21.8 Å². The number of amides is 1. The van der Waals surface area contributed by atoms with Gasteiger partial charge in [-0.2, -0.15) is 0 Å². The van der Waals surface area contributed by atoms with E-state index in [0.717, 1.165) is 33.1 Å². The van der Waals surface area contributed by atoms with Crippen LogP contribution in [-0.4, -0.2) is 29.0 Å². The molecule has 0 atom stereocenters. The van der Waals surface area contributed by atoms with E-state index < -0.39 is 0 Å². The molecular formula is C23H22FN3O2. The second-order valence-electron chi connectivity index (χ2n) is 7.06. The van der Waals surface area contributed by atoms with Gasteiger partial charge < -0.3 is 15.0 Å². The minimum absolute atomic E-state index is 0.0871. The van der Waals surface area contributed by atoms with E-state index in [0.29, 0.717) is 24.2 Å². The number of fused-ring (bicyclic) bond motifs is 2. The third-order valence-electron chi connectivity index (χ3n) is 5.08. The normalized spacial score (nSPS) is 11.1. The zero-order valence-electron chi connectivity index (χ0n) is 16.4. The first-order valence-corrected chi connectivity index (χ1v) is 9.54. The Labute approximate surface area is 167 Å². The van der Waals surface area contributed by atoms with E-state index in [-0.39, 0.29) is 18.3 Å². The number of rotatable bonds is 6. The Morgan fingerprint density at radius 1 is 1.17 bits per heavy atom. The number of halogens is 1. The van der Waals surface area contributed by atoms with Gasteiger partial charge in [0.05, 0.1) is 5.52 Å². The Balaban J connectivity index is 1.38. The topological polar surface area (TPSA) is 67.0 Å². The molecule has 0 radical (unpaired) electrons. The van der Waals surface area contributed by atoms with Crippen molar-refractivity contribution in [2.75, 3.05) is 13.2 Å². The number of carbonyl (C=O) groups is 1. The quantitative estimate of drug-likeness (QED) is 0.517. The van der Waals surface area contributed by atoms with Gasteiger partial charge in [0.25, 0.3) is 5.91 Å². The summed E-state index contributed by atoms with van der Waals surface area (Å²) >= 11 is 0. The van der Waals surface area contributed by atoms with Crippen molar-refractivity contribution >= 4 is 27.7 Å². The second kappa shape index (κ2) is 7.91. The summed E-state index contributed by atoms with van der Waals surface area (Å²) < 4.78 is 19.7. The van der Waals surface area contributed by atoms with E-state index in [1.54, 1.807) is 18.3 Å². The number of benzene rings is 2. The van der Waals surface area contributed by atoms with Crippen molar-refractivity contribution in [1.29, 1.82) is 0 Å². The fourth-order valence-electron chi connectivity index (χ4n) is 3.67. The molecule has 0 bridgehead atoms. The van der Waals surface area contributed by atoms with Crippen LogP contribution in [0, 0.1) is 19.7 Å². The summed E-state index contributed by atoms with van der Waals surface area (Å²) in [5, 5.41) is 4.73. The molecule has 0 fully saturated rings. The van der Waals surface area contributed by atoms with Crippen LogP contribution in [0.15, 0.2) is 48.7 Å². The summed E-state index contributed by atoms with van der Waals surface area (Å²) in [5.41, 5.74) is 4.21. The van der Waals surface area contributed by atoms with Gasteiger partial charge in [-0.1, -0.05) is 24.3 Å². The van der Waals surface area contributed by atoms with Crippen LogP contribution in [-0.2, 0) is 11.2 Å². The predicted octanol–water partition coefficient (Wildman–Crippen LogP) is 4.21. The lowest BCUT2D eigenvalue weighted by atomic mass is 10.0. The molecule has 0 aliphatic rings. The van der Waals surface area contributed by atoms with Crippen LogP contribution in [0.1, 0.15) is 16.8 Å². The SMILES string of the molecule is Cc1[nH]c2c(F)ccc(C)c2c1CCNC(=O)COc1cccc2cccnc12. The maximum absolute atomic E-state index is 14.1. The summed E-state index contributed by atoms with van der Waals surface area (Å²) in [4.78, 5) is 19.7. The fraction of sp³-hybridized carbons (Fsp3) is 0.217. The highest BCUT2D eigenvalue weighted by atomic mass is 19.1. The van der Waals surface area contributed by atoms with Crippen molar-refractivity contribution < 1.29 is 13.9 Å². The largest absolute Gasteiger partial charge is 0.481 e. The Hall–Kier alpha value is -3.41. The lowest BCUT2D eigenvalue weighted by Crippen LogP contribution is -2.30. The van der Waals surface area contributed by atoms with E-state index in [9.17, 15) is 9.18 Å². The summed E-state index contributed by atoms with van der Waals surface area (Å²) in [6, 6.07) is 12.7. The van der Waals surface area contributed by atoms with Crippen molar-refractivity contribution in [2.24, 2.45) is 0 Å². The minimum atomic E-state index is -0.263. The third kappa shape index (κ3) is 3.78. The Kier molecular flexibility index (Phi) is 5.16.